The van der Waals surface area contributed by atoms with E-state index in [1.165, 1.54) is 24.6 Å². The van der Waals surface area contributed by atoms with Gasteiger partial charge in [-0.2, -0.15) is 0 Å². The van der Waals surface area contributed by atoms with Crippen molar-refractivity contribution in [2.45, 2.75) is 44.0 Å². The standard InChI is InChI=1S/C15H22FNO2S/c1-10-5-4-6-11(2)15(10)17-14-9-12(20(3,18)19)7-8-13(14)16/h7-11,15,17H,4-6H2,1-3H3. The lowest BCUT2D eigenvalue weighted by molar-refractivity contribution is 0.267. The van der Waals surface area contributed by atoms with E-state index in [-0.39, 0.29) is 10.9 Å². The van der Waals surface area contributed by atoms with Gasteiger partial charge < -0.3 is 5.32 Å². The van der Waals surface area contributed by atoms with E-state index in [4.69, 9.17) is 0 Å². The summed E-state index contributed by atoms with van der Waals surface area (Å²) in [5, 5.41) is 3.22. The van der Waals surface area contributed by atoms with Crippen LogP contribution in [0.25, 0.3) is 0 Å². The third kappa shape index (κ3) is 3.32. The van der Waals surface area contributed by atoms with E-state index in [2.05, 4.69) is 19.2 Å². The van der Waals surface area contributed by atoms with Crippen LogP contribution in [0, 0.1) is 17.7 Å². The van der Waals surface area contributed by atoms with Crippen LogP contribution in [0.15, 0.2) is 23.1 Å². The van der Waals surface area contributed by atoms with Crippen molar-refractivity contribution in [3.63, 3.8) is 0 Å². The van der Waals surface area contributed by atoms with Crippen molar-refractivity contribution in [2.24, 2.45) is 11.8 Å². The van der Waals surface area contributed by atoms with Crippen LogP contribution in [0.1, 0.15) is 33.1 Å². The third-order valence-corrected chi connectivity index (χ3v) is 5.34. The molecule has 0 spiro atoms. The maximum Gasteiger partial charge on any atom is 0.175 e. The number of rotatable bonds is 3. The Kier molecular flexibility index (Phi) is 4.37. The van der Waals surface area contributed by atoms with Crippen molar-refractivity contribution in [3.05, 3.63) is 24.0 Å². The summed E-state index contributed by atoms with van der Waals surface area (Å²) < 4.78 is 37.0. The normalized spacial score (nSPS) is 27.3. The van der Waals surface area contributed by atoms with E-state index in [1.54, 1.807) is 0 Å². The Bertz CT molecular complexity index is 576. The monoisotopic (exact) mass is 299 g/mol. The molecule has 1 aliphatic rings. The van der Waals surface area contributed by atoms with Gasteiger partial charge in [-0.15, -0.1) is 0 Å². The molecule has 0 saturated heterocycles. The highest BCUT2D eigenvalue weighted by Crippen LogP contribution is 2.32. The molecule has 1 aromatic rings. The van der Waals surface area contributed by atoms with Crippen LogP contribution in [0.5, 0.6) is 0 Å². The zero-order valence-electron chi connectivity index (χ0n) is 12.2. The van der Waals surface area contributed by atoms with Gasteiger partial charge in [0.1, 0.15) is 5.82 Å². The van der Waals surface area contributed by atoms with E-state index in [0.29, 0.717) is 17.5 Å². The summed E-state index contributed by atoms with van der Waals surface area (Å²) in [5.41, 5.74) is 0.290. The molecule has 20 heavy (non-hydrogen) atoms. The van der Waals surface area contributed by atoms with Crippen molar-refractivity contribution in [1.82, 2.24) is 0 Å². The van der Waals surface area contributed by atoms with Gasteiger partial charge in [-0.3, -0.25) is 0 Å². The second-order valence-corrected chi connectivity index (χ2v) is 7.99. The summed E-state index contributed by atoms with van der Waals surface area (Å²) in [5.74, 6) is 0.516. The van der Waals surface area contributed by atoms with Crippen molar-refractivity contribution >= 4 is 15.5 Å². The number of anilines is 1. The first kappa shape index (κ1) is 15.3. The molecule has 0 radical (unpaired) electrons. The Morgan fingerprint density at radius 1 is 1.20 bits per heavy atom. The number of nitrogens with one attached hydrogen (secondary N) is 1. The SMILES string of the molecule is CC1CCCC(C)C1Nc1cc(S(C)(=O)=O)ccc1F. The Balaban J connectivity index is 2.28. The van der Waals surface area contributed by atoms with E-state index in [9.17, 15) is 12.8 Å². The molecule has 3 nitrogen and oxygen atoms in total. The van der Waals surface area contributed by atoms with E-state index < -0.39 is 15.7 Å². The highest BCUT2D eigenvalue weighted by atomic mass is 32.2. The molecule has 0 aliphatic heterocycles. The van der Waals surface area contributed by atoms with Crippen molar-refractivity contribution in [1.29, 1.82) is 0 Å². The van der Waals surface area contributed by atoms with Crippen LogP contribution < -0.4 is 5.32 Å². The predicted octanol–water partition coefficient (Wildman–Crippen LogP) is 3.47. The van der Waals surface area contributed by atoms with E-state index >= 15 is 0 Å². The van der Waals surface area contributed by atoms with Crippen molar-refractivity contribution in [3.8, 4) is 0 Å². The topological polar surface area (TPSA) is 46.2 Å². The zero-order valence-corrected chi connectivity index (χ0v) is 13.0. The first-order chi connectivity index (χ1) is 9.29. The minimum absolute atomic E-state index is 0.150. The van der Waals surface area contributed by atoms with Crippen LogP contribution in [0.3, 0.4) is 0 Å². The number of sulfone groups is 1. The van der Waals surface area contributed by atoms with Crippen LogP contribution in [0.2, 0.25) is 0 Å². The molecule has 1 aliphatic carbocycles. The molecule has 0 bridgehead atoms. The summed E-state index contributed by atoms with van der Waals surface area (Å²) >= 11 is 0. The first-order valence-electron chi connectivity index (χ1n) is 7.05. The average molecular weight is 299 g/mol. The predicted molar refractivity (Wildman–Crippen MR) is 79.1 cm³/mol. The molecular formula is C15H22FNO2S. The second kappa shape index (κ2) is 5.72. The summed E-state index contributed by atoms with van der Waals surface area (Å²) in [6.07, 6.45) is 4.58. The largest absolute Gasteiger partial charge is 0.379 e. The molecule has 112 valence electrons. The van der Waals surface area contributed by atoms with Crippen LogP contribution in [-0.2, 0) is 9.84 Å². The van der Waals surface area contributed by atoms with Crippen LogP contribution in [0.4, 0.5) is 10.1 Å². The lowest BCUT2D eigenvalue weighted by Crippen LogP contribution is -2.37. The number of hydrogen-bond acceptors (Lipinski definition) is 3. The van der Waals surface area contributed by atoms with Gasteiger partial charge in [0, 0.05) is 12.3 Å². The van der Waals surface area contributed by atoms with Gasteiger partial charge in [-0.05, 0) is 42.9 Å². The quantitative estimate of drug-likeness (QED) is 0.869. The van der Waals surface area contributed by atoms with Gasteiger partial charge in [-0.25, -0.2) is 12.8 Å². The van der Waals surface area contributed by atoms with Gasteiger partial charge >= 0.3 is 0 Å². The highest BCUT2D eigenvalue weighted by molar-refractivity contribution is 7.90. The molecule has 1 saturated carbocycles. The Morgan fingerprint density at radius 2 is 1.80 bits per heavy atom. The minimum atomic E-state index is -3.32. The summed E-state index contributed by atoms with van der Waals surface area (Å²) in [6, 6.07) is 4.12. The Hall–Kier alpha value is -1.10. The second-order valence-electron chi connectivity index (χ2n) is 5.97. The molecule has 0 aromatic heterocycles. The average Bonchev–Trinajstić information content (AvgIpc) is 2.34. The fraction of sp³-hybridized carbons (Fsp3) is 0.600. The maximum atomic E-state index is 13.9. The fourth-order valence-electron chi connectivity index (χ4n) is 2.99. The minimum Gasteiger partial charge on any atom is -0.379 e. The Labute approximate surface area is 120 Å². The summed E-state index contributed by atoms with van der Waals surface area (Å²) in [4.78, 5) is 0.150. The maximum absolute atomic E-state index is 13.9. The van der Waals surface area contributed by atoms with Crippen LogP contribution in [-0.4, -0.2) is 20.7 Å². The molecule has 5 heteroatoms. The first-order valence-corrected chi connectivity index (χ1v) is 8.94. The molecule has 2 unspecified atom stereocenters. The number of halogens is 1. The van der Waals surface area contributed by atoms with Gasteiger partial charge in [-0.1, -0.05) is 20.3 Å². The van der Waals surface area contributed by atoms with E-state index in [1.807, 2.05) is 0 Å². The zero-order chi connectivity index (χ0) is 14.9. The Morgan fingerprint density at radius 3 is 2.35 bits per heavy atom. The van der Waals surface area contributed by atoms with Gasteiger partial charge in [0.15, 0.2) is 9.84 Å². The molecule has 2 atom stereocenters. The van der Waals surface area contributed by atoms with Gasteiger partial charge in [0.05, 0.1) is 10.6 Å². The fourth-order valence-corrected chi connectivity index (χ4v) is 3.64. The molecular weight excluding hydrogens is 277 g/mol. The van der Waals surface area contributed by atoms with Gasteiger partial charge in [0.25, 0.3) is 0 Å². The summed E-state index contributed by atoms with van der Waals surface area (Å²) in [7, 11) is -3.32. The number of benzene rings is 1. The van der Waals surface area contributed by atoms with Crippen molar-refractivity contribution < 1.29 is 12.8 Å². The lowest BCUT2D eigenvalue weighted by Gasteiger charge is -2.36. The van der Waals surface area contributed by atoms with E-state index in [0.717, 1.165) is 19.1 Å². The smallest absolute Gasteiger partial charge is 0.175 e. The highest BCUT2D eigenvalue weighted by Gasteiger charge is 2.28. The molecule has 1 aromatic carbocycles. The summed E-state index contributed by atoms with van der Waals surface area (Å²) in [6.45, 7) is 4.32. The molecule has 1 N–H and O–H groups in total. The van der Waals surface area contributed by atoms with Gasteiger partial charge in [0.2, 0.25) is 0 Å². The number of hydrogen-bond donors (Lipinski definition) is 1. The molecule has 2 rings (SSSR count). The lowest BCUT2D eigenvalue weighted by atomic mass is 9.78. The molecule has 0 heterocycles. The van der Waals surface area contributed by atoms with Crippen molar-refractivity contribution in [2.75, 3.05) is 11.6 Å². The molecule has 1 fully saturated rings. The molecule has 0 amide bonds. The van der Waals surface area contributed by atoms with Crippen LogP contribution >= 0.6 is 0 Å². The third-order valence-electron chi connectivity index (χ3n) is 4.23.